The van der Waals surface area contributed by atoms with Crippen LogP contribution in [0.25, 0.3) is 0 Å². The maximum Gasteiger partial charge on any atom is 0.416 e. The van der Waals surface area contributed by atoms with Gasteiger partial charge in [-0.2, -0.15) is 22.5 Å². The van der Waals surface area contributed by atoms with Crippen molar-refractivity contribution in [2.24, 2.45) is 0 Å². The first kappa shape index (κ1) is 17.0. The van der Waals surface area contributed by atoms with Gasteiger partial charge in [0.15, 0.2) is 0 Å². The van der Waals surface area contributed by atoms with E-state index in [4.69, 9.17) is 0 Å². The van der Waals surface area contributed by atoms with E-state index in [1.54, 1.807) is 0 Å². The first-order valence-electron chi connectivity index (χ1n) is 7.58. The molecule has 1 aromatic carbocycles. The van der Waals surface area contributed by atoms with Crippen molar-refractivity contribution in [3.05, 3.63) is 35.4 Å². The van der Waals surface area contributed by atoms with Gasteiger partial charge in [-0.15, -0.1) is 0 Å². The van der Waals surface area contributed by atoms with Gasteiger partial charge in [-0.1, -0.05) is 12.1 Å². The highest BCUT2D eigenvalue weighted by Crippen LogP contribution is 2.30. The van der Waals surface area contributed by atoms with Crippen LogP contribution in [0.1, 0.15) is 24.0 Å². The lowest BCUT2D eigenvalue weighted by atomic mass is 10.1. The van der Waals surface area contributed by atoms with Crippen molar-refractivity contribution in [1.82, 2.24) is 9.36 Å². The van der Waals surface area contributed by atoms with E-state index in [1.165, 1.54) is 23.7 Å². The van der Waals surface area contributed by atoms with Crippen LogP contribution in [0.3, 0.4) is 0 Å². The second kappa shape index (κ2) is 6.94. The lowest BCUT2D eigenvalue weighted by molar-refractivity contribution is -0.137. The third-order valence-corrected chi connectivity index (χ3v) is 4.73. The van der Waals surface area contributed by atoms with Crippen molar-refractivity contribution in [3.8, 4) is 0 Å². The van der Waals surface area contributed by atoms with Gasteiger partial charge in [0.25, 0.3) is 0 Å². The van der Waals surface area contributed by atoms with Crippen LogP contribution in [0.2, 0.25) is 0 Å². The smallest absolute Gasteiger partial charge is 0.394 e. The summed E-state index contributed by atoms with van der Waals surface area (Å²) in [6.07, 6.45) is -2.38. The van der Waals surface area contributed by atoms with E-state index >= 15 is 0 Å². The third-order valence-electron chi connectivity index (χ3n) is 3.98. The minimum absolute atomic E-state index is 0.0840. The van der Waals surface area contributed by atoms with Gasteiger partial charge in [0, 0.05) is 24.6 Å². The molecule has 0 spiro atoms. The van der Waals surface area contributed by atoms with Gasteiger partial charge in [0.2, 0.25) is 11.1 Å². The molecule has 130 valence electrons. The van der Waals surface area contributed by atoms with Crippen molar-refractivity contribution in [1.29, 1.82) is 0 Å². The average molecular weight is 358 g/mol. The summed E-state index contributed by atoms with van der Waals surface area (Å²) in [5.41, 5.74) is 0.0538. The minimum atomic E-state index is -4.32. The first-order valence-corrected chi connectivity index (χ1v) is 8.36. The van der Waals surface area contributed by atoms with Crippen LogP contribution < -0.4 is 10.2 Å². The number of benzene rings is 1. The van der Waals surface area contributed by atoms with Crippen molar-refractivity contribution in [2.75, 3.05) is 23.4 Å². The average Bonchev–Trinajstić information content (AvgIpc) is 3.21. The fourth-order valence-electron chi connectivity index (χ4n) is 2.67. The summed E-state index contributed by atoms with van der Waals surface area (Å²) in [5, 5.41) is 13.1. The molecule has 0 bridgehead atoms. The first-order chi connectivity index (χ1) is 11.5. The van der Waals surface area contributed by atoms with Gasteiger partial charge in [0.1, 0.15) is 0 Å². The predicted octanol–water partition coefficient (Wildman–Crippen LogP) is 3.13. The molecule has 24 heavy (non-hydrogen) atoms. The molecule has 1 saturated heterocycles. The molecule has 1 aliphatic rings. The Bertz CT molecular complexity index is 674. The molecule has 1 aliphatic heterocycles. The Labute approximate surface area is 141 Å². The Hall–Kier alpha value is -1.87. The Morgan fingerprint density at radius 3 is 2.71 bits per heavy atom. The topological polar surface area (TPSA) is 61.3 Å². The normalized spacial score (nSPS) is 18.2. The number of aliphatic hydroxyl groups is 1. The number of nitrogens with one attached hydrogen (secondary N) is 1. The van der Waals surface area contributed by atoms with E-state index in [-0.39, 0.29) is 12.6 Å². The number of nitrogens with zero attached hydrogens (tertiary/aromatic N) is 3. The van der Waals surface area contributed by atoms with Crippen molar-refractivity contribution >= 4 is 22.6 Å². The molecule has 0 amide bonds. The molecule has 9 heteroatoms. The van der Waals surface area contributed by atoms with Crippen molar-refractivity contribution < 1.29 is 18.3 Å². The lowest BCUT2D eigenvalue weighted by Gasteiger charge is -2.21. The zero-order valence-electron chi connectivity index (χ0n) is 12.8. The summed E-state index contributed by atoms with van der Waals surface area (Å²) in [6.45, 7) is 1.28. The van der Waals surface area contributed by atoms with Crippen LogP contribution in [0, 0.1) is 0 Å². The molecule has 1 unspecified atom stereocenters. The Kier molecular flexibility index (Phi) is 4.91. The highest BCUT2D eigenvalue weighted by Gasteiger charge is 2.30. The van der Waals surface area contributed by atoms with Gasteiger partial charge in [-0.25, -0.2) is 0 Å². The number of alkyl halides is 3. The van der Waals surface area contributed by atoms with Gasteiger partial charge in [-0.3, -0.25) is 0 Å². The molecule has 2 aromatic rings. The van der Waals surface area contributed by atoms with Gasteiger partial charge in [0.05, 0.1) is 18.2 Å². The fourth-order valence-corrected chi connectivity index (χ4v) is 3.42. The van der Waals surface area contributed by atoms with Crippen LogP contribution in [-0.4, -0.2) is 33.7 Å². The van der Waals surface area contributed by atoms with Crippen LogP contribution in [0.4, 0.5) is 24.3 Å². The molecule has 1 fully saturated rings. The molecule has 3 rings (SSSR count). The van der Waals surface area contributed by atoms with E-state index in [0.29, 0.717) is 18.1 Å². The Morgan fingerprint density at radius 2 is 2.04 bits per heavy atom. The standard InChI is InChI=1S/C15H17F3N4OS/c16-15(17,18)11-5-3-10(4-6-11)8-19-13-20-14(24-21-13)22-7-1-2-12(22)9-23/h3-6,12,23H,1-2,7-9H2,(H,19,21). The third kappa shape index (κ3) is 3.78. The van der Waals surface area contributed by atoms with Crippen LogP contribution >= 0.6 is 11.5 Å². The van der Waals surface area contributed by atoms with E-state index < -0.39 is 11.7 Å². The summed E-state index contributed by atoms with van der Waals surface area (Å²) in [6, 6.07) is 5.08. The van der Waals surface area contributed by atoms with Gasteiger partial charge < -0.3 is 15.3 Å². The van der Waals surface area contributed by atoms with Crippen molar-refractivity contribution in [2.45, 2.75) is 31.6 Å². The summed E-state index contributed by atoms with van der Waals surface area (Å²) in [7, 11) is 0. The second-order valence-electron chi connectivity index (χ2n) is 5.62. The number of anilines is 2. The largest absolute Gasteiger partial charge is 0.416 e. The highest BCUT2D eigenvalue weighted by molar-refractivity contribution is 7.09. The number of aromatic nitrogens is 2. The number of aliphatic hydroxyl groups excluding tert-OH is 1. The predicted molar refractivity (Wildman–Crippen MR) is 86.1 cm³/mol. The summed E-state index contributed by atoms with van der Waals surface area (Å²) < 4.78 is 41.8. The molecular formula is C15H17F3N4OS. The van der Waals surface area contributed by atoms with Crippen LogP contribution in [0.15, 0.2) is 24.3 Å². The second-order valence-corrected chi connectivity index (χ2v) is 6.35. The van der Waals surface area contributed by atoms with Crippen molar-refractivity contribution in [3.63, 3.8) is 0 Å². The van der Waals surface area contributed by atoms with E-state index in [9.17, 15) is 18.3 Å². The minimum Gasteiger partial charge on any atom is -0.394 e. The molecule has 0 radical (unpaired) electrons. The highest BCUT2D eigenvalue weighted by atomic mass is 32.1. The molecule has 0 aliphatic carbocycles. The Morgan fingerprint density at radius 1 is 1.29 bits per heavy atom. The maximum atomic E-state index is 12.5. The van der Waals surface area contributed by atoms with E-state index in [1.807, 2.05) is 4.90 Å². The van der Waals surface area contributed by atoms with Crippen LogP contribution in [-0.2, 0) is 12.7 Å². The number of halogens is 3. The zero-order chi connectivity index (χ0) is 17.2. The molecule has 5 nitrogen and oxygen atoms in total. The molecule has 1 aromatic heterocycles. The number of rotatable bonds is 5. The van der Waals surface area contributed by atoms with Crippen LogP contribution in [0.5, 0.6) is 0 Å². The maximum absolute atomic E-state index is 12.5. The quantitative estimate of drug-likeness (QED) is 0.860. The lowest BCUT2D eigenvalue weighted by Crippen LogP contribution is -2.31. The summed E-state index contributed by atoms with van der Waals surface area (Å²) in [5.74, 6) is 0.443. The molecular weight excluding hydrogens is 341 g/mol. The summed E-state index contributed by atoms with van der Waals surface area (Å²) in [4.78, 5) is 6.44. The molecule has 0 saturated carbocycles. The summed E-state index contributed by atoms with van der Waals surface area (Å²) >= 11 is 1.25. The Balaban J connectivity index is 1.59. The van der Waals surface area contributed by atoms with Gasteiger partial charge in [-0.05, 0) is 30.5 Å². The SMILES string of the molecule is OCC1CCCN1c1nc(NCc2ccc(C(F)(F)F)cc2)ns1. The monoisotopic (exact) mass is 358 g/mol. The van der Waals surface area contributed by atoms with E-state index in [2.05, 4.69) is 14.7 Å². The number of hydrogen-bond acceptors (Lipinski definition) is 6. The molecule has 2 N–H and O–H groups in total. The zero-order valence-corrected chi connectivity index (χ0v) is 13.6. The number of hydrogen-bond donors (Lipinski definition) is 2. The molecule has 1 atom stereocenters. The van der Waals surface area contributed by atoms with Gasteiger partial charge >= 0.3 is 6.18 Å². The van der Waals surface area contributed by atoms with E-state index in [0.717, 1.165) is 36.7 Å². The molecule has 2 heterocycles. The fraction of sp³-hybridized carbons (Fsp3) is 0.467.